The fraction of sp³-hybridized carbons (Fsp3) is 0.250. The zero-order valence-corrected chi connectivity index (χ0v) is 22.0. The molecule has 39 heavy (non-hydrogen) atoms. The molecule has 0 aliphatic rings. The number of benzene rings is 4. The molecule has 5 rings (SSSR count). The quantitative estimate of drug-likeness (QED) is 0.0983. The highest BCUT2D eigenvalue weighted by atomic mass is 16.6. The van der Waals surface area contributed by atoms with E-state index in [9.17, 15) is 20.2 Å². The first-order valence-corrected chi connectivity index (χ1v) is 13.5. The Morgan fingerprint density at radius 2 is 1.08 bits per heavy atom. The van der Waals surface area contributed by atoms with Crippen LogP contribution in [-0.4, -0.2) is 14.4 Å². The molecular formula is C32H31N3O4. The molecule has 0 N–H and O–H groups in total. The molecule has 0 fully saturated rings. The van der Waals surface area contributed by atoms with Crippen molar-refractivity contribution in [1.29, 1.82) is 0 Å². The lowest BCUT2D eigenvalue weighted by Gasteiger charge is -2.10. The largest absolute Gasteiger partial charge is 0.340 e. The summed E-state index contributed by atoms with van der Waals surface area (Å²) in [5.41, 5.74) is 4.93. The van der Waals surface area contributed by atoms with Gasteiger partial charge in [-0.25, -0.2) is 0 Å². The molecule has 4 aromatic carbocycles. The number of rotatable bonds is 11. The molecule has 0 aliphatic heterocycles. The SMILES string of the molecule is CCCCCCCCn1c2cc(-c3ccccc3[N+](=O)[O-])ccc2c2ccc(-c3ccccc3[N+](=O)[O-])cc21. The average Bonchev–Trinajstić information content (AvgIpc) is 3.26. The van der Waals surface area contributed by atoms with Gasteiger partial charge >= 0.3 is 0 Å². The number of hydrogen-bond acceptors (Lipinski definition) is 4. The van der Waals surface area contributed by atoms with Gasteiger partial charge in [-0.05, 0) is 41.8 Å². The molecule has 0 aliphatic carbocycles. The second-order valence-corrected chi connectivity index (χ2v) is 9.93. The highest BCUT2D eigenvalue weighted by molar-refractivity contribution is 6.10. The Kier molecular flexibility index (Phi) is 7.68. The van der Waals surface area contributed by atoms with Crippen molar-refractivity contribution in [3.63, 3.8) is 0 Å². The number of para-hydroxylation sites is 2. The standard InChI is InChI=1S/C32H31N3O4/c1-2-3-4-5-6-11-20-33-31-21-23(25-12-7-9-14-29(25)34(36)37)16-18-27(31)28-19-17-24(22-32(28)33)26-13-8-10-15-30(26)35(38)39/h7-10,12-19,21-22H,2-6,11,20H2,1H3. The monoisotopic (exact) mass is 521 g/mol. The van der Waals surface area contributed by atoms with E-state index in [0.717, 1.165) is 52.3 Å². The predicted molar refractivity (Wildman–Crippen MR) is 157 cm³/mol. The second kappa shape index (κ2) is 11.5. The van der Waals surface area contributed by atoms with Crippen LogP contribution in [-0.2, 0) is 6.54 Å². The van der Waals surface area contributed by atoms with Gasteiger partial charge in [-0.2, -0.15) is 0 Å². The zero-order valence-electron chi connectivity index (χ0n) is 22.0. The normalized spacial score (nSPS) is 11.3. The van der Waals surface area contributed by atoms with Crippen LogP contribution in [0.15, 0.2) is 84.9 Å². The van der Waals surface area contributed by atoms with Crippen LogP contribution in [0.2, 0.25) is 0 Å². The number of hydrogen-bond donors (Lipinski definition) is 0. The Balaban J connectivity index is 1.65. The van der Waals surface area contributed by atoms with Crippen LogP contribution in [0.1, 0.15) is 45.4 Å². The Labute approximate surface area is 227 Å². The number of nitro groups is 2. The summed E-state index contributed by atoms with van der Waals surface area (Å²) in [6, 6.07) is 25.7. The molecule has 0 spiro atoms. The second-order valence-electron chi connectivity index (χ2n) is 9.93. The van der Waals surface area contributed by atoms with E-state index in [1.165, 1.54) is 37.8 Å². The summed E-state index contributed by atoms with van der Waals surface area (Å²) in [7, 11) is 0. The number of unbranched alkanes of at least 4 members (excludes halogenated alkanes) is 5. The summed E-state index contributed by atoms with van der Waals surface area (Å²) in [4.78, 5) is 22.7. The van der Waals surface area contributed by atoms with Crippen molar-refractivity contribution in [3.05, 3.63) is 105 Å². The van der Waals surface area contributed by atoms with Crippen LogP contribution >= 0.6 is 0 Å². The van der Waals surface area contributed by atoms with Gasteiger partial charge in [0.05, 0.1) is 21.0 Å². The van der Waals surface area contributed by atoms with E-state index in [1.54, 1.807) is 24.3 Å². The van der Waals surface area contributed by atoms with Crippen molar-refractivity contribution in [1.82, 2.24) is 4.57 Å². The number of aromatic nitrogens is 1. The number of nitrogens with zero attached hydrogens (tertiary/aromatic N) is 3. The first kappa shape index (κ1) is 26.1. The van der Waals surface area contributed by atoms with E-state index in [4.69, 9.17) is 0 Å². The van der Waals surface area contributed by atoms with Gasteiger partial charge in [-0.3, -0.25) is 20.2 Å². The van der Waals surface area contributed by atoms with Crippen molar-refractivity contribution < 1.29 is 9.85 Å². The number of aryl methyl sites for hydroxylation is 1. The summed E-state index contributed by atoms with van der Waals surface area (Å²) in [5.74, 6) is 0. The third kappa shape index (κ3) is 5.25. The predicted octanol–water partition coefficient (Wildman–Crippen LogP) is 9.31. The van der Waals surface area contributed by atoms with Gasteiger partial charge < -0.3 is 4.57 Å². The molecule has 0 unspecified atom stereocenters. The summed E-state index contributed by atoms with van der Waals surface area (Å²) in [5, 5.41) is 25.6. The molecule has 7 heteroatoms. The highest BCUT2D eigenvalue weighted by Crippen LogP contribution is 2.38. The molecule has 1 heterocycles. The Morgan fingerprint density at radius 1 is 0.615 bits per heavy atom. The zero-order chi connectivity index (χ0) is 27.4. The maximum absolute atomic E-state index is 11.7. The van der Waals surface area contributed by atoms with Gasteiger partial charge in [0, 0.05) is 40.5 Å². The number of fused-ring (bicyclic) bond motifs is 3. The van der Waals surface area contributed by atoms with E-state index >= 15 is 0 Å². The molecule has 1 aromatic heterocycles. The Morgan fingerprint density at radius 3 is 1.56 bits per heavy atom. The van der Waals surface area contributed by atoms with Crippen LogP contribution in [0.5, 0.6) is 0 Å². The van der Waals surface area contributed by atoms with Crippen LogP contribution in [0.25, 0.3) is 44.1 Å². The van der Waals surface area contributed by atoms with Crippen molar-refractivity contribution in [2.75, 3.05) is 0 Å². The lowest BCUT2D eigenvalue weighted by Crippen LogP contribution is -1.99. The lowest BCUT2D eigenvalue weighted by molar-refractivity contribution is -0.384. The smallest absolute Gasteiger partial charge is 0.277 e. The third-order valence-electron chi connectivity index (χ3n) is 7.43. The van der Waals surface area contributed by atoms with Gasteiger partial charge in [-0.1, -0.05) is 87.6 Å². The molecule has 5 aromatic rings. The minimum absolute atomic E-state index is 0.0779. The van der Waals surface area contributed by atoms with Crippen molar-refractivity contribution >= 4 is 33.2 Å². The molecule has 0 saturated carbocycles. The minimum Gasteiger partial charge on any atom is -0.340 e. The van der Waals surface area contributed by atoms with E-state index < -0.39 is 0 Å². The first-order chi connectivity index (χ1) is 19.0. The van der Waals surface area contributed by atoms with E-state index in [-0.39, 0.29) is 21.2 Å². The Bertz CT molecular complexity index is 1560. The Hall–Kier alpha value is -4.52. The average molecular weight is 522 g/mol. The third-order valence-corrected chi connectivity index (χ3v) is 7.43. The summed E-state index contributed by atoms with van der Waals surface area (Å²) in [6.45, 7) is 3.01. The summed E-state index contributed by atoms with van der Waals surface area (Å²) in [6.07, 6.45) is 6.99. The van der Waals surface area contributed by atoms with Crippen molar-refractivity contribution in [2.24, 2.45) is 0 Å². The molecule has 0 atom stereocenters. The molecule has 0 amide bonds. The van der Waals surface area contributed by atoms with E-state index in [2.05, 4.69) is 11.5 Å². The van der Waals surface area contributed by atoms with Crippen LogP contribution in [0.4, 0.5) is 11.4 Å². The maximum atomic E-state index is 11.7. The summed E-state index contributed by atoms with van der Waals surface area (Å²) >= 11 is 0. The number of nitro benzene ring substituents is 2. The molecular weight excluding hydrogens is 490 g/mol. The highest BCUT2D eigenvalue weighted by Gasteiger charge is 2.19. The molecule has 7 nitrogen and oxygen atoms in total. The molecule has 0 bridgehead atoms. The topological polar surface area (TPSA) is 91.2 Å². The molecule has 0 saturated heterocycles. The molecule has 198 valence electrons. The van der Waals surface area contributed by atoms with Crippen molar-refractivity contribution in [3.8, 4) is 22.3 Å². The first-order valence-electron chi connectivity index (χ1n) is 13.5. The van der Waals surface area contributed by atoms with Crippen LogP contribution < -0.4 is 0 Å². The lowest BCUT2D eigenvalue weighted by atomic mass is 10.0. The molecule has 0 radical (unpaired) electrons. The van der Waals surface area contributed by atoms with E-state index in [1.807, 2.05) is 48.5 Å². The maximum Gasteiger partial charge on any atom is 0.277 e. The van der Waals surface area contributed by atoms with Gasteiger partial charge in [0.2, 0.25) is 0 Å². The van der Waals surface area contributed by atoms with Crippen LogP contribution in [0.3, 0.4) is 0 Å². The van der Waals surface area contributed by atoms with Gasteiger partial charge in [0.25, 0.3) is 11.4 Å². The van der Waals surface area contributed by atoms with Gasteiger partial charge in [-0.15, -0.1) is 0 Å². The van der Waals surface area contributed by atoms with Crippen molar-refractivity contribution in [2.45, 2.75) is 52.0 Å². The fourth-order valence-electron chi connectivity index (χ4n) is 5.48. The summed E-state index contributed by atoms with van der Waals surface area (Å²) < 4.78 is 2.28. The van der Waals surface area contributed by atoms with E-state index in [0.29, 0.717) is 11.1 Å². The minimum atomic E-state index is -0.343. The van der Waals surface area contributed by atoms with Gasteiger partial charge in [0.15, 0.2) is 0 Å². The van der Waals surface area contributed by atoms with Crippen LogP contribution in [0, 0.1) is 20.2 Å². The van der Waals surface area contributed by atoms with Gasteiger partial charge in [0.1, 0.15) is 0 Å². The fourth-order valence-corrected chi connectivity index (χ4v) is 5.48.